The number of hydrogen-bond donors (Lipinski definition) is 1. The summed E-state index contributed by atoms with van der Waals surface area (Å²) < 4.78 is 0. The van der Waals surface area contributed by atoms with Crippen LogP contribution in [0.15, 0.2) is 67.0 Å². The Bertz CT molecular complexity index is 1000. The van der Waals surface area contributed by atoms with Gasteiger partial charge in [-0.1, -0.05) is 51.1 Å². The second-order valence-corrected chi connectivity index (χ2v) is 8.86. The molecular formula is C25H29N5O. The van der Waals surface area contributed by atoms with Crippen molar-refractivity contribution in [2.75, 3.05) is 41.3 Å². The van der Waals surface area contributed by atoms with Gasteiger partial charge in [0.25, 0.3) is 5.91 Å². The predicted octanol–water partition coefficient (Wildman–Crippen LogP) is 4.35. The van der Waals surface area contributed by atoms with Gasteiger partial charge in [-0.05, 0) is 35.2 Å². The lowest BCUT2D eigenvalue weighted by molar-refractivity contribution is 0.102. The lowest BCUT2D eigenvalue weighted by Crippen LogP contribution is -2.47. The van der Waals surface area contributed by atoms with E-state index in [9.17, 15) is 4.79 Å². The molecule has 0 atom stereocenters. The summed E-state index contributed by atoms with van der Waals surface area (Å²) in [6.07, 6.45) is 3.35. The second kappa shape index (κ2) is 8.76. The molecule has 2 aromatic carbocycles. The molecule has 6 nitrogen and oxygen atoms in total. The van der Waals surface area contributed by atoms with Crippen LogP contribution in [-0.4, -0.2) is 42.1 Å². The van der Waals surface area contributed by atoms with Crippen LogP contribution < -0.4 is 15.1 Å². The number of benzene rings is 2. The van der Waals surface area contributed by atoms with Crippen molar-refractivity contribution in [1.29, 1.82) is 0 Å². The van der Waals surface area contributed by atoms with E-state index in [1.165, 1.54) is 11.3 Å². The number of piperazine rings is 1. The van der Waals surface area contributed by atoms with Crippen LogP contribution in [0.2, 0.25) is 0 Å². The van der Waals surface area contributed by atoms with Crippen molar-refractivity contribution in [1.82, 2.24) is 9.97 Å². The zero-order valence-corrected chi connectivity index (χ0v) is 18.4. The van der Waals surface area contributed by atoms with Gasteiger partial charge < -0.3 is 15.1 Å². The number of nitrogens with one attached hydrogen (secondary N) is 1. The molecule has 0 spiro atoms. The number of nitrogens with zero attached hydrogens (tertiary/aromatic N) is 4. The molecule has 0 bridgehead atoms. The molecule has 1 saturated heterocycles. The first kappa shape index (κ1) is 20.8. The lowest BCUT2D eigenvalue weighted by atomic mass is 9.87. The monoisotopic (exact) mass is 415 g/mol. The number of hydrogen-bond acceptors (Lipinski definition) is 5. The van der Waals surface area contributed by atoms with Crippen LogP contribution in [0.4, 0.5) is 17.3 Å². The predicted molar refractivity (Wildman–Crippen MR) is 126 cm³/mol. The quantitative estimate of drug-likeness (QED) is 0.686. The lowest BCUT2D eigenvalue weighted by Gasteiger charge is -2.36. The van der Waals surface area contributed by atoms with Gasteiger partial charge in [-0.2, -0.15) is 0 Å². The van der Waals surface area contributed by atoms with Crippen molar-refractivity contribution in [2.24, 2.45) is 0 Å². The fraction of sp³-hybridized carbons (Fsp3) is 0.320. The van der Waals surface area contributed by atoms with Gasteiger partial charge in [0, 0.05) is 37.4 Å². The third kappa shape index (κ3) is 5.02. The first-order valence-corrected chi connectivity index (χ1v) is 10.7. The molecule has 1 fully saturated rings. The smallest absolute Gasteiger partial charge is 0.255 e. The first-order chi connectivity index (χ1) is 14.9. The molecular weight excluding hydrogens is 386 g/mol. The molecule has 31 heavy (non-hydrogen) atoms. The molecule has 3 aromatic rings. The number of para-hydroxylation sites is 1. The van der Waals surface area contributed by atoms with Crippen LogP contribution in [0, 0.1) is 0 Å². The van der Waals surface area contributed by atoms with Gasteiger partial charge in [0.2, 0.25) is 5.95 Å². The van der Waals surface area contributed by atoms with Gasteiger partial charge in [0.15, 0.2) is 0 Å². The van der Waals surface area contributed by atoms with E-state index in [1.54, 1.807) is 12.4 Å². The summed E-state index contributed by atoms with van der Waals surface area (Å²) in [4.78, 5) is 26.0. The van der Waals surface area contributed by atoms with Crippen LogP contribution >= 0.6 is 0 Å². The van der Waals surface area contributed by atoms with Gasteiger partial charge in [-0.25, -0.2) is 9.97 Å². The van der Waals surface area contributed by atoms with Crippen LogP contribution in [0.1, 0.15) is 36.7 Å². The molecule has 1 amide bonds. The average molecular weight is 416 g/mol. The number of amides is 1. The maximum atomic E-state index is 12.5. The summed E-state index contributed by atoms with van der Waals surface area (Å²) >= 11 is 0. The van der Waals surface area contributed by atoms with Gasteiger partial charge >= 0.3 is 0 Å². The second-order valence-electron chi connectivity index (χ2n) is 8.86. The number of carbonyl (C=O) groups excluding carboxylic acids is 1. The fourth-order valence-corrected chi connectivity index (χ4v) is 3.68. The van der Waals surface area contributed by atoms with E-state index >= 15 is 0 Å². The molecule has 2 heterocycles. The zero-order chi connectivity index (χ0) is 21.8. The minimum atomic E-state index is -0.159. The molecule has 1 aliphatic heterocycles. The molecule has 160 valence electrons. The van der Waals surface area contributed by atoms with E-state index in [1.807, 2.05) is 30.3 Å². The van der Waals surface area contributed by atoms with Gasteiger partial charge in [0.1, 0.15) is 0 Å². The van der Waals surface area contributed by atoms with E-state index in [0.717, 1.165) is 26.2 Å². The third-order valence-electron chi connectivity index (χ3n) is 5.59. The highest BCUT2D eigenvalue weighted by Gasteiger charge is 2.19. The molecule has 1 aromatic heterocycles. The maximum Gasteiger partial charge on any atom is 0.255 e. The van der Waals surface area contributed by atoms with Gasteiger partial charge in [0.05, 0.1) is 18.1 Å². The highest BCUT2D eigenvalue weighted by molar-refractivity contribution is 6.04. The first-order valence-electron chi connectivity index (χ1n) is 10.7. The van der Waals surface area contributed by atoms with E-state index in [4.69, 9.17) is 0 Å². The highest BCUT2D eigenvalue weighted by atomic mass is 16.1. The van der Waals surface area contributed by atoms with E-state index in [-0.39, 0.29) is 11.3 Å². The van der Waals surface area contributed by atoms with Crippen molar-refractivity contribution in [2.45, 2.75) is 26.2 Å². The summed E-state index contributed by atoms with van der Waals surface area (Å²) in [6, 6.07) is 18.2. The Kier molecular flexibility index (Phi) is 5.89. The van der Waals surface area contributed by atoms with Gasteiger partial charge in [-0.3, -0.25) is 4.79 Å². The Balaban J connectivity index is 1.34. The van der Waals surface area contributed by atoms with Crippen LogP contribution in [0.25, 0.3) is 0 Å². The molecule has 0 radical (unpaired) electrons. The summed E-state index contributed by atoms with van der Waals surface area (Å²) in [5, 5.41) is 2.88. The zero-order valence-electron chi connectivity index (χ0n) is 18.4. The number of rotatable bonds is 4. The van der Waals surface area contributed by atoms with Crippen LogP contribution in [0.5, 0.6) is 0 Å². The van der Waals surface area contributed by atoms with Crippen LogP contribution in [-0.2, 0) is 5.41 Å². The van der Waals surface area contributed by atoms with E-state index < -0.39 is 0 Å². The molecule has 1 N–H and O–H groups in total. The summed E-state index contributed by atoms with van der Waals surface area (Å²) in [5.74, 6) is 0.536. The molecule has 0 unspecified atom stereocenters. The third-order valence-corrected chi connectivity index (χ3v) is 5.59. The van der Waals surface area contributed by atoms with Crippen LogP contribution in [0.3, 0.4) is 0 Å². The minimum absolute atomic E-state index is 0.0608. The number of anilines is 3. The van der Waals surface area contributed by atoms with E-state index in [2.05, 4.69) is 70.1 Å². The van der Waals surface area contributed by atoms with Crippen molar-refractivity contribution in [3.8, 4) is 0 Å². The van der Waals surface area contributed by atoms with Gasteiger partial charge in [-0.15, -0.1) is 0 Å². The molecule has 0 aliphatic carbocycles. The molecule has 0 saturated carbocycles. The normalized spacial score (nSPS) is 14.4. The molecule has 1 aliphatic rings. The Morgan fingerprint density at radius 1 is 0.839 bits per heavy atom. The molecule has 4 rings (SSSR count). The highest BCUT2D eigenvalue weighted by Crippen LogP contribution is 2.23. The fourth-order valence-electron chi connectivity index (χ4n) is 3.68. The van der Waals surface area contributed by atoms with Crippen molar-refractivity contribution >= 4 is 23.2 Å². The summed E-state index contributed by atoms with van der Waals surface area (Å²) in [7, 11) is 0. The Morgan fingerprint density at radius 3 is 2.00 bits per heavy atom. The Labute approximate surface area is 183 Å². The van der Waals surface area contributed by atoms with Crippen molar-refractivity contribution < 1.29 is 4.79 Å². The minimum Gasteiger partial charge on any atom is -0.368 e. The van der Waals surface area contributed by atoms with Crippen molar-refractivity contribution in [3.05, 3.63) is 78.1 Å². The largest absolute Gasteiger partial charge is 0.368 e. The maximum absolute atomic E-state index is 12.5. The topological polar surface area (TPSA) is 61.4 Å². The average Bonchev–Trinajstić information content (AvgIpc) is 2.80. The Morgan fingerprint density at radius 2 is 1.42 bits per heavy atom. The molecule has 6 heteroatoms. The number of aromatic nitrogens is 2. The Hall–Kier alpha value is -3.41. The SMILES string of the molecule is CC(C)(C)c1ccc(C(=O)Nc2cnc(N3CCN(c4ccccc4)CC3)nc2)cc1. The van der Waals surface area contributed by atoms with Crippen molar-refractivity contribution in [3.63, 3.8) is 0 Å². The summed E-state index contributed by atoms with van der Waals surface area (Å²) in [5.41, 5.74) is 3.72. The number of carbonyl (C=O) groups is 1. The standard InChI is InChI=1S/C25H29N5O/c1-25(2,3)20-11-9-19(10-12-20)23(31)28-21-17-26-24(27-18-21)30-15-13-29(14-16-30)22-7-5-4-6-8-22/h4-12,17-18H,13-16H2,1-3H3,(H,28,31). The summed E-state index contributed by atoms with van der Waals surface area (Å²) in [6.45, 7) is 10.0. The van der Waals surface area contributed by atoms with E-state index in [0.29, 0.717) is 17.2 Å².